The standard InChI is InChI=1S/C12H21NO2/c1-5-13-12-6-11(7-12,8-12)9(14)15-10(2,3)4/h13H,5-8H2,1-4H3. The Balaban J connectivity index is 1.87. The highest BCUT2D eigenvalue weighted by Gasteiger charge is 2.72. The summed E-state index contributed by atoms with van der Waals surface area (Å²) in [5.41, 5.74) is -0.195. The van der Waals surface area contributed by atoms with Gasteiger partial charge in [-0.1, -0.05) is 6.92 Å². The minimum absolute atomic E-state index is 0.00905. The second-order valence-electron chi connectivity index (χ2n) is 6.12. The largest absolute Gasteiger partial charge is 0.460 e. The molecule has 0 spiro atoms. The molecule has 0 radical (unpaired) electrons. The smallest absolute Gasteiger partial charge is 0.312 e. The number of hydrogen-bond donors (Lipinski definition) is 1. The zero-order valence-corrected chi connectivity index (χ0v) is 10.1. The summed E-state index contributed by atoms with van der Waals surface area (Å²) in [6.07, 6.45) is 2.92. The van der Waals surface area contributed by atoms with E-state index in [0.717, 1.165) is 25.8 Å². The molecule has 1 N–H and O–H groups in total. The molecule has 86 valence electrons. The van der Waals surface area contributed by atoms with Gasteiger partial charge in [0.2, 0.25) is 0 Å². The lowest BCUT2D eigenvalue weighted by atomic mass is 9.39. The van der Waals surface area contributed by atoms with E-state index in [1.54, 1.807) is 0 Å². The van der Waals surface area contributed by atoms with Crippen LogP contribution in [0.15, 0.2) is 0 Å². The topological polar surface area (TPSA) is 38.3 Å². The van der Waals surface area contributed by atoms with Crippen LogP contribution in [0.4, 0.5) is 0 Å². The Morgan fingerprint density at radius 1 is 1.33 bits per heavy atom. The third-order valence-corrected chi connectivity index (χ3v) is 3.41. The van der Waals surface area contributed by atoms with E-state index in [0.29, 0.717) is 0 Å². The van der Waals surface area contributed by atoms with Crippen LogP contribution in [0, 0.1) is 5.41 Å². The zero-order chi connectivity index (χ0) is 11.3. The molecule has 0 aromatic heterocycles. The number of rotatable bonds is 3. The van der Waals surface area contributed by atoms with Crippen molar-refractivity contribution in [3.05, 3.63) is 0 Å². The predicted octanol–water partition coefficient (Wildman–Crippen LogP) is 1.86. The van der Waals surface area contributed by atoms with Crippen LogP contribution in [0.1, 0.15) is 47.0 Å². The van der Waals surface area contributed by atoms with Crippen LogP contribution >= 0.6 is 0 Å². The van der Waals surface area contributed by atoms with E-state index in [1.807, 2.05) is 20.8 Å². The van der Waals surface area contributed by atoms with Gasteiger partial charge in [-0.15, -0.1) is 0 Å². The average Bonchev–Trinajstić information content (AvgIpc) is 1.89. The van der Waals surface area contributed by atoms with E-state index < -0.39 is 0 Å². The Labute approximate surface area is 91.6 Å². The molecule has 0 aromatic carbocycles. The number of carbonyl (C=O) groups is 1. The fraction of sp³-hybridized carbons (Fsp3) is 0.917. The first-order valence-corrected chi connectivity index (χ1v) is 5.79. The highest BCUT2D eigenvalue weighted by molar-refractivity contribution is 5.82. The molecule has 0 amide bonds. The van der Waals surface area contributed by atoms with E-state index in [2.05, 4.69) is 12.2 Å². The minimum Gasteiger partial charge on any atom is -0.460 e. The Morgan fingerprint density at radius 2 is 1.87 bits per heavy atom. The zero-order valence-electron chi connectivity index (χ0n) is 10.1. The Hall–Kier alpha value is -0.570. The maximum Gasteiger partial charge on any atom is 0.312 e. The van der Waals surface area contributed by atoms with Crippen molar-refractivity contribution in [1.82, 2.24) is 5.32 Å². The lowest BCUT2D eigenvalue weighted by molar-refractivity contribution is -0.214. The Bertz CT molecular complexity index is 271. The summed E-state index contributed by atoms with van der Waals surface area (Å²) in [6, 6.07) is 0. The van der Waals surface area contributed by atoms with E-state index in [1.165, 1.54) is 0 Å². The molecule has 3 aliphatic rings. The lowest BCUT2D eigenvalue weighted by Crippen LogP contribution is -2.76. The molecular weight excluding hydrogens is 190 g/mol. The molecule has 0 saturated heterocycles. The van der Waals surface area contributed by atoms with Crippen LogP contribution in [0.5, 0.6) is 0 Å². The molecule has 0 heterocycles. The summed E-state index contributed by atoms with van der Waals surface area (Å²) in [6.45, 7) is 8.88. The third-order valence-electron chi connectivity index (χ3n) is 3.41. The van der Waals surface area contributed by atoms with Crippen molar-refractivity contribution in [2.24, 2.45) is 5.41 Å². The molecule has 3 aliphatic carbocycles. The monoisotopic (exact) mass is 211 g/mol. The molecule has 3 fully saturated rings. The quantitative estimate of drug-likeness (QED) is 0.724. The van der Waals surface area contributed by atoms with Crippen molar-refractivity contribution < 1.29 is 9.53 Å². The number of ether oxygens (including phenoxy) is 1. The molecule has 3 saturated carbocycles. The second kappa shape index (κ2) is 2.97. The first-order chi connectivity index (χ1) is 6.81. The van der Waals surface area contributed by atoms with E-state index in [-0.39, 0.29) is 22.5 Å². The molecule has 3 heteroatoms. The summed E-state index contributed by atoms with van der Waals surface area (Å²) in [5, 5.41) is 3.46. The Kier molecular flexibility index (Phi) is 2.16. The van der Waals surface area contributed by atoms with Crippen molar-refractivity contribution in [3.8, 4) is 0 Å². The van der Waals surface area contributed by atoms with Crippen LogP contribution in [-0.2, 0) is 9.53 Å². The van der Waals surface area contributed by atoms with E-state index in [9.17, 15) is 4.79 Å². The van der Waals surface area contributed by atoms with Crippen molar-refractivity contribution in [3.63, 3.8) is 0 Å². The van der Waals surface area contributed by atoms with Gasteiger partial charge in [0.1, 0.15) is 5.60 Å². The number of carbonyl (C=O) groups excluding carboxylic acids is 1. The average molecular weight is 211 g/mol. The van der Waals surface area contributed by atoms with Gasteiger partial charge in [0.05, 0.1) is 5.41 Å². The van der Waals surface area contributed by atoms with Crippen molar-refractivity contribution >= 4 is 5.97 Å². The maximum atomic E-state index is 11.9. The Morgan fingerprint density at radius 3 is 2.27 bits per heavy atom. The van der Waals surface area contributed by atoms with Crippen LogP contribution in [0.2, 0.25) is 0 Å². The summed E-state index contributed by atoms with van der Waals surface area (Å²) in [4.78, 5) is 11.9. The van der Waals surface area contributed by atoms with Crippen molar-refractivity contribution in [1.29, 1.82) is 0 Å². The van der Waals surface area contributed by atoms with Gasteiger partial charge in [0.15, 0.2) is 0 Å². The minimum atomic E-state index is -0.349. The fourth-order valence-corrected chi connectivity index (χ4v) is 2.95. The SMILES string of the molecule is CCNC12CC(C(=O)OC(C)(C)C)(C1)C2. The predicted molar refractivity (Wildman–Crippen MR) is 58.5 cm³/mol. The highest BCUT2D eigenvalue weighted by atomic mass is 16.6. The summed E-state index contributed by atoms with van der Waals surface area (Å²) < 4.78 is 5.44. The van der Waals surface area contributed by atoms with Gasteiger partial charge >= 0.3 is 5.97 Å². The summed E-state index contributed by atoms with van der Waals surface area (Å²) in [7, 11) is 0. The van der Waals surface area contributed by atoms with E-state index >= 15 is 0 Å². The first kappa shape index (κ1) is 10.9. The first-order valence-electron chi connectivity index (χ1n) is 5.79. The molecule has 15 heavy (non-hydrogen) atoms. The number of nitrogens with one attached hydrogen (secondary N) is 1. The molecule has 3 rings (SSSR count). The summed E-state index contributed by atoms with van der Waals surface area (Å²) in [5.74, 6) is 0.00905. The second-order valence-corrected chi connectivity index (χ2v) is 6.12. The molecule has 3 nitrogen and oxygen atoms in total. The molecule has 0 aromatic rings. The number of esters is 1. The number of hydrogen-bond acceptors (Lipinski definition) is 3. The van der Waals surface area contributed by atoms with Crippen molar-refractivity contribution in [2.45, 2.75) is 58.1 Å². The van der Waals surface area contributed by atoms with Gasteiger partial charge in [-0.3, -0.25) is 4.79 Å². The third kappa shape index (κ3) is 1.67. The molecular formula is C12H21NO2. The van der Waals surface area contributed by atoms with Gasteiger partial charge < -0.3 is 10.1 Å². The fourth-order valence-electron chi connectivity index (χ4n) is 2.95. The van der Waals surface area contributed by atoms with Gasteiger partial charge in [-0.2, -0.15) is 0 Å². The lowest BCUT2D eigenvalue weighted by Gasteiger charge is -2.69. The van der Waals surface area contributed by atoms with Gasteiger partial charge in [-0.05, 0) is 46.6 Å². The summed E-state index contributed by atoms with van der Waals surface area (Å²) >= 11 is 0. The van der Waals surface area contributed by atoms with Gasteiger partial charge in [-0.25, -0.2) is 0 Å². The molecule has 2 bridgehead atoms. The molecule has 0 aliphatic heterocycles. The maximum absolute atomic E-state index is 11.9. The van der Waals surface area contributed by atoms with Crippen LogP contribution in [0.25, 0.3) is 0 Å². The molecule has 0 atom stereocenters. The van der Waals surface area contributed by atoms with E-state index in [4.69, 9.17) is 4.74 Å². The van der Waals surface area contributed by atoms with Crippen LogP contribution in [0.3, 0.4) is 0 Å². The van der Waals surface area contributed by atoms with Gasteiger partial charge in [0, 0.05) is 5.54 Å². The van der Waals surface area contributed by atoms with Crippen LogP contribution in [-0.4, -0.2) is 23.7 Å². The van der Waals surface area contributed by atoms with Crippen molar-refractivity contribution in [2.75, 3.05) is 6.54 Å². The molecule has 0 unspecified atom stereocenters. The van der Waals surface area contributed by atoms with Crippen LogP contribution < -0.4 is 5.32 Å². The normalized spacial score (nSPS) is 37.9. The highest BCUT2D eigenvalue weighted by Crippen LogP contribution is 2.67. The van der Waals surface area contributed by atoms with Gasteiger partial charge in [0.25, 0.3) is 0 Å².